The van der Waals surface area contributed by atoms with Gasteiger partial charge in [-0.1, -0.05) is 56.5 Å². The van der Waals surface area contributed by atoms with Gasteiger partial charge in [0.25, 0.3) is 5.92 Å². The van der Waals surface area contributed by atoms with E-state index in [0.717, 1.165) is 24.3 Å². The summed E-state index contributed by atoms with van der Waals surface area (Å²) in [4.78, 5) is 0. The molecule has 0 nitrogen and oxygen atoms in total. The Hall–Kier alpha value is -1.18. The molecule has 0 amide bonds. The summed E-state index contributed by atoms with van der Waals surface area (Å²) < 4.78 is 26.6. The molecular weight excluding hydrogens is 230 g/mol. The highest BCUT2D eigenvalue weighted by Crippen LogP contribution is 2.34. The molecule has 0 spiro atoms. The van der Waals surface area contributed by atoms with Crippen molar-refractivity contribution < 1.29 is 8.78 Å². The smallest absolute Gasteiger partial charge is 0.197 e. The third-order valence-corrected chi connectivity index (χ3v) is 3.62. The Labute approximate surface area is 108 Å². The van der Waals surface area contributed by atoms with Gasteiger partial charge in [-0.15, -0.1) is 0 Å². The highest BCUT2D eigenvalue weighted by Gasteiger charge is 2.26. The second-order valence-corrected chi connectivity index (χ2v) is 5.21. The SMILES string of the molecule is C=CC(F)(F)c1ccc(CCCCC2CC2)cc1. The lowest BCUT2D eigenvalue weighted by Crippen LogP contribution is -2.08. The van der Waals surface area contributed by atoms with Crippen LogP contribution >= 0.6 is 0 Å². The van der Waals surface area contributed by atoms with Gasteiger partial charge in [0.05, 0.1) is 0 Å². The number of benzene rings is 1. The Morgan fingerprint density at radius 3 is 2.39 bits per heavy atom. The summed E-state index contributed by atoms with van der Waals surface area (Å²) in [5.41, 5.74) is 1.17. The standard InChI is InChI=1S/C16H20F2/c1-2-16(17,18)15-11-9-14(10-12-15)6-4-3-5-13-7-8-13/h2,9-13H,1,3-8H2. The van der Waals surface area contributed by atoms with E-state index in [2.05, 4.69) is 6.58 Å². The van der Waals surface area contributed by atoms with Crippen molar-refractivity contribution in [3.63, 3.8) is 0 Å². The average molecular weight is 250 g/mol. The van der Waals surface area contributed by atoms with Crippen LogP contribution in [-0.2, 0) is 12.3 Å². The van der Waals surface area contributed by atoms with Crippen LogP contribution in [0.25, 0.3) is 0 Å². The molecule has 0 saturated heterocycles. The monoisotopic (exact) mass is 250 g/mol. The van der Waals surface area contributed by atoms with Crippen molar-refractivity contribution >= 4 is 0 Å². The minimum atomic E-state index is -2.91. The molecule has 0 aliphatic heterocycles. The third-order valence-electron chi connectivity index (χ3n) is 3.62. The molecule has 1 aliphatic rings. The first-order valence-corrected chi connectivity index (χ1v) is 6.72. The first-order chi connectivity index (χ1) is 8.62. The van der Waals surface area contributed by atoms with E-state index in [-0.39, 0.29) is 5.56 Å². The van der Waals surface area contributed by atoms with Crippen LogP contribution < -0.4 is 0 Å². The summed E-state index contributed by atoms with van der Waals surface area (Å²) in [7, 11) is 0. The lowest BCUT2D eigenvalue weighted by Gasteiger charge is -2.12. The molecule has 1 aromatic rings. The third kappa shape index (κ3) is 3.66. The van der Waals surface area contributed by atoms with Gasteiger partial charge in [-0.05, 0) is 30.4 Å². The summed E-state index contributed by atoms with van der Waals surface area (Å²) in [5, 5.41) is 0. The number of hydrogen-bond acceptors (Lipinski definition) is 0. The van der Waals surface area contributed by atoms with Crippen LogP contribution in [0.3, 0.4) is 0 Å². The van der Waals surface area contributed by atoms with E-state index in [0.29, 0.717) is 6.08 Å². The number of hydrogen-bond donors (Lipinski definition) is 0. The van der Waals surface area contributed by atoms with Crippen LogP contribution in [0.4, 0.5) is 8.78 Å². The molecule has 0 unspecified atom stereocenters. The van der Waals surface area contributed by atoms with E-state index < -0.39 is 5.92 Å². The molecular formula is C16H20F2. The lowest BCUT2D eigenvalue weighted by atomic mass is 10.0. The highest BCUT2D eigenvalue weighted by molar-refractivity contribution is 5.28. The normalized spacial score (nSPS) is 15.7. The predicted molar refractivity (Wildman–Crippen MR) is 70.8 cm³/mol. The van der Waals surface area contributed by atoms with Crippen molar-refractivity contribution in [3.8, 4) is 0 Å². The van der Waals surface area contributed by atoms with Gasteiger partial charge in [0.1, 0.15) is 0 Å². The number of alkyl halides is 2. The largest absolute Gasteiger partial charge is 0.291 e. The zero-order chi connectivity index (χ0) is 13.0. The maximum absolute atomic E-state index is 13.3. The van der Waals surface area contributed by atoms with Crippen molar-refractivity contribution in [2.24, 2.45) is 5.92 Å². The first-order valence-electron chi connectivity index (χ1n) is 6.72. The Morgan fingerprint density at radius 2 is 1.83 bits per heavy atom. The zero-order valence-electron chi connectivity index (χ0n) is 10.7. The number of allylic oxidation sites excluding steroid dienone is 1. The molecule has 1 fully saturated rings. The summed E-state index contributed by atoms with van der Waals surface area (Å²) in [6.45, 7) is 3.16. The molecule has 1 saturated carbocycles. The molecule has 1 aromatic carbocycles. The van der Waals surface area contributed by atoms with Gasteiger partial charge in [0.15, 0.2) is 0 Å². The molecule has 0 aromatic heterocycles. The molecule has 98 valence electrons. The van der Waals surface area contributed by atoms with E-state index in [1.165, 1.54) is 37.8 Å². The molecule has 18 heavy (non-hydrogen) atoms. The predicted octanol–water partition coefficient (Wildman–Crippen LogP) is 5.09. The summed E-state index contributed by atoms with van der Waals surface area (Å²) in [5.74, 6) is -1.93. The van der Waals surface area contributed by atoms with Gasteiger partial charge in [-0.25, -0.2) is 0 Å². The number of rotatable bonds is 7. The van der Waals surface area contributed by atoms with Crippen LogP contribution in [-0.4, -0.2) is 0 Å². The number of aryl methyl sites for hydroxylation is 1. The first kappa shape index (κ1) is 13.3. The molecule has 1 aliphatic carbocycles. The topological polar surface area (TPSA) is 0 Å². The molecule has 0 bridgehead atoms. The van der Waals surface area contributed by atoms with Gasteiger partial charge in [-0.3, -0.25) is 0 Å². The second kappa shape index (κ2) is 5.64. The van der Waals surface area contributed by atoms with Crippen molar-refractivity contribution in [1.82, 2.24) is 0 Å². The Morgan fingerprint density at radius 1 is 1.17 bits per heavy atom. The summed E-state index contributed by atoms with van der Waals surface area (Å²) in [6.07, 6.45) is 8.26. The summed E-state index contributed by atoms with van der Waals surface area (Å²) >= 11 is 0. The van der Waals surface area contributed by atoms with Crippen molar-refractivity contribution in [2.45, 2.75) is 44.4 Å². The lowest BCUT2D eigenvalue weighted by molar-refractivity contribution is 0.0525. The Balaban J connectivity index is 1.81. The van der Waals surface area contributed by atoms with Gasteiger partial charge in [0.2, 0.25) is 0 Å². The van der Waals surface area contributed by atoms with Crippen LogP contribution in [0.1, 0.15) is 43.2 Å². The van der Waals surface area contributed by atoms with Gasteiger partial charge < -0.3 is 0 Å². The minimum absolute atomic E-state index is 0.0271. The van der Waals surface area contributed by atoms with E-state index in [1.807, 2.05) is 12.1 Å². The molecule has 0 atom stereocenters. The molecule has 0 heterocycles. The zero-order valence-corrected chi connectivity index (χ0v) is 10.7. The fourth-order valence-electron chi connectivity index (χ4n) is 2.18. The van der Waals surface area contributed by atoms with Crippen molar-refractivity contribution in [1.29, 1.82) is 0 Å². The van der Waals surface area contributed by atoms with Gasteiger partial charge in [-0.2, -0.15) is 8.78 Å². The Bertz CT molecular complexity index is 388. The second-order valence-electron chi connectivity index (χ2n) is 5.21. The average Bonchev–Trinajstić information content (AvgIpc) is 3.19. The highest BCUT2D eigenvalue weighted by atomic mass is 19.3. The van der Waals surface area contributed by atoms with Crippen molar-refractivity contribution in [3.05, 3.63) is 48.0 Å². The van der Waals surface area contributed by atoms with Gasteiger partial charge in [0, 0.05) is 5.56 Å². The molecule has 0 radical (unpaired) electrons. The fourth-order valence-corrected chi connectivity index (χ4v) is 2.18. The summed E-state index contributed by atoms with van der Waals surface area (Å²) in [6, 6.07) is 6.64. The van der Waals surface area contributed by atoms with Crippen LogP contribution in [0.5, 0.6) is 0 Å². The maximum atomic E-state index is 13.3. The quantitative estimate of drug-likeness (QED) is 0.467. The van der Waals surface area contributed by atoms with E-state index in [1.54, 1.807) is 0 Å². The minimum Gasteiger partial charge on any atom is -0.197 e. The van der Waals surface area contributed by atoms with E-state index >= 15 is 0 Å². The molecule has 0 N–H and O–H groups in total. The molecule has 2 heteroatoms. The van der Waals surface area contributed by atoms with Crippen LogP contribution in [0.2, 0.25) is 0 Å². The van der Waals surface area contributed by atoms with Gasteiger partial charge >= 0.3 is 0 Å². The molecule has 2 rings (SSSR count). The van der Waals surface area contributed by atoms with Crippen LogP contribution in [0.15, 0.2) is 36.9 Å². The van der Waals surface area contributed by atoms with E-state index in [4.69, 9.17) is 0 Å². The number of unbranched alkanes of at least 4 members (excludes halogenated alkanes) is 1. The van der Waals surface area contributed by atoms with Crippen molar-refractivity contribution in [2.75, 3.05) is 0 Å². The Kier molecular flexibility index (Phi) is 4.15. The van der Waals surface area contributed by atoms with E-state index in [9.17, 15) is 8.78 Å². The number of halogens is 2. The fraction of sp³-hybridized carbons (Fsp3) is 0.500. The maximum Gasteiger partial charge on any atom is 0.291 e. The van der Waals surface area contributed by atoms with Crippen LogP contribution in [0, 0.1) is 5.92 Å².